The molecule has 0 saturated heterocycles. The Balaban J connectivity index is 2.14. The first-order valence-electron chi connectivity index (χ1n) is 5.20. The van der Waals surface area contributed by atoms with E-state index in [1.165, 1.54) is 0 Å². The van der Waals surface area contributed by atoms with Crippen molar-refractivity contribution in [1.82, 2.24) is 4.98 Å². The van der Waals surface area contributed by atoms with Crippen LogP contribution in [-0.2, 0) is 0 Å². The lowest BCUT2D eigenvalue weighted by atomic mass is 10.1. The maximum Gasteiger partial charge on any atom is 0.0629 e. The number of benzene rings is 1. The maximum atomic E-state index is 4.22. The lowest BCUT2D eigenvalue weighted by molar-refractivity contribution is 1.30. The van der Waals surface area contributed by atoms with Crippen LogP contribution in [0, 0.1) is 0 Å². The van der Waals surface area contributed by atoms with Gasteiger partial charge in [-0.2, -0.15) is 0 Å². The van der Waals surface area contributed by atoms with Crippen LogP contribution in [0.3, 0.4) is 0 Å². The van der Waals surface area contributed by atoms with Gasteiger partial charge in [0.1, 0.15) is 0 Å². The van der Waals surface area contributed by atoms with Gasteiger partial charge in [-0.25, -0.2) is 0 Å². The van der Waals surface area contributed by atoms with E-state index in [-0.39, 0.29) is 0 Å². The predicted molar refractivity (Wildman–Crippen MR) is 69.7 cm³/mol. The molecule has 0 atom stereocenters. The topological polar surface area (TPSA) is 12.9 Å². The van der Waals surface area contributed by atoms with Crippen LogP contribution in [0.4, 0.5) is 0 Å². The molecule has 1 heteroatoms. The molecule has 16 heavy (non-hydrogen) atoms. The molecule has 0 aliphatic heterocycles. The lowest BCUT2D eigenvalue weighted by Crippen LogP contribution is -1.77. The molecule has 1 heterocycles. The molecule has 0 aliphatic rings. The van der Waals surface area contributed by atoms with Gasteiger partial charge in [-0.1, -0.05) is 49.1 Å². The molecule has 78 valence electrons. The van der Waals surface area contributed by atoms with Gasteiger partial charge in [-0.3, -0.25) is 4.98 Å². The van der Waals surface area contributed by atoms with Crippen LogP contribution in [0.15, 0.2) is 55.2 Å². The molecular formula is C15H13N. The summed E-state index contributed by atoms with van der Waals surface area (Å²) in [5.74, 6) is 0. The van der Waals surface area contributed by atoms with E-state index in [4.69, 9.17) is 0 Å². The van der Waals surface area contributed by atoms with E-state index >= 15 is 0 Å². The van der Waals surface area contributed by atoms with Gasteiger partial charge in [0.15, 0.2) is 0 Å². The molecule has 0 N–H and O–H groups in total. The minimum Gasteiger partial charge on any atom is -0.257 e. The Morgan fingerprint density at radius 3 is 2.25 bits per heavy atom. The molecule has 0 amide bonds. The summed E-state index contributed by atoms with van der Waals surface area (Å²) in [6.07, 6.45) is 7.69. The average molecular weight is 207 g/mol. The zero-order valence-corrected chi connectivity index (χ0v) is 9.01. The highest BCUT2D eigenvalue weighted by Gasteiger charge is 1.88. The van der Waals surface area contributed by atoms with Crippen molar-refractivity contribution in [2.24, 2.45) is 0 Å². The number of hydrogen-bond acceptors (Lipinski definition) is 1. The standard InChI is InChI=1S/C15H13N/c1-2-13-6-8-14(9-7-13)10-11-15-5-3-4-12-16-15/h2-12H,1H2/b11-10+. The predicted octanol–water partition coefficient (Wildman–Crippen LogP) is 3.90. The van der Waals surface area contributed by atoms with Crippen LogP contribution in [0.2, 0.25) is 0 Å². The molecule has 1 aromatic heterocycles. The molecule has 2 rings (SSSR count). The van der Waals surface area contributed by atoms with Crippen molar-refractivity contribution < 1.29 is 0 Å². The van der Waals surface area contributed by atoms with E-state index in [9.17, 15) is 0 Å². The van der Waals surface area contributed by atoms with Crippen molar-refractivity contribution in [3.05, 3.63) is 72.1 Å². The van der Waals surface area contributed by atoms with E-state index in [0.717, 1.165) is 16.8 Å². The van der Waals surface area contributed by atoms with Gasteiger partial charge in [0.2, 0.25) is 0 Å². The van der Waals surface area contributed by atoms with E-state index in [1.807, 2.05) is 42.5 Å². The number of aromatic nitrogens is 1. The van der Waals surface area contributed by atoms with Gasteiger partial charge in [-0.15, -0.1) is 0 Å². The van der Waals surface area contributed by atoms with Crippen molar-refractivity contribution in [2.45, 2.75) is 0 Å². The first kappa shape index (κ1) is 10.4. The van der Waals surface area contributed by atoms with Crippen LogP contribution >= 0.6 is 0 Å². The largest absolute Gasteiger partial charge is 0.257 e. The van der Waals surface area contributed by atoms with Crippen LogP contribution in [-0.4, -0.2) is 4.98 Å². The second-order valence-electron chi connectivity index (χ2n) is 3.46. The summed E-state index contributed by atoms with van der Waals surface area (Å²) in [5.41, 5.74) is 3.27. The quantitative estimate of drug-likeness (QED) is 0.744. The summed E-state index contributed by atoms with van der Waals surface area (Å²) < 4.78 is 0. The van der Waals surface area contributed by atoms with E-state index in [0.29, 0.717) is 0 Å². The SMILES string of the molecule is C=Cc1ccc(/C=C/c2ccccn2)cc1. The molecule has 0 saturated carbocycles. The van der Waals surface area contributed by atoms with Gasteiger partial charge in [0.25, 0.3) is 0 Å². The normalized spacial score (nSPS) is 10.5. The average Bonchev–Trinajstić information content (AvgIpc) is 2.38. The van der Waals surface area contributed by atoms with Crippen molar-refractivity contribution >= 4 is 18.2 Å². The van der Waals surface area contributed by atoms with Crippen molar-refractivity contribution in [3.63, 3.8) is 0 Å². The number of pyridine rings is 1. The van der Waals surface area contributed by atoms with Crippen LogP contribution in [0.25, 0.3) is 18.2 Å². The van der Waals surface area contributed by atoms with Crippen molar-refractivity contribution in [1.29, 1.82) is 0 Å². The van der Waals surface area contributed by atoms with Crippen molar-refractivity contribution in [2.75, 3.05) is 0 Å². The number of hydrogen-bond donors (Lipinski definition) is 0. The van der Waals surface area contributed by atoms with Crippen LogP contribution in [0.5, 0.6) is 0 Å². The smallest absolute Gasteiger partial charge is 0.0629 e. The van der Waals surface area contributed by atoms with E-state index in [1.54, 1.807) is 6.20 Å². The molecule has 0 spiro atoms. The van der Waals surface area contributed by atoms with Crippen LogP contribution < -0.4 is 0 Å². The molecule has 0 unspecified atom stereocenters. The summed E-state index contributed by atoms with van der Waals surface area (Å²) in [6.45, 7) is 3.73. The van der Waals surface area contributed by atoms with Gasteiger partial charge in [0, 0.05) is 6.20 Å². The highest BCUT2D eigenvalue weighted by atomic mass is 14.6. The fraction of sp³-hybridized carbons (Fsp3) is 0. The summed E-state index contributed by atoms with van der Waals surface area (Å²) in [7, 11) is 0. The van der Waals surface area contributed by atoms with E-state index in [2.05, 4.69) is 29.8 Å². The molecule has 0 bridgehead atoms. The minimum absolute atomic E-state index is 0.968. The highest BCUT2D eigenvalue weighted by molar-refractivity contribution is 5.68. The first-order valence-corrected chi connectivity index (χ1v) is 5.20. The molecule has 1 nitrogen and oxygen atoms in total. The third kappa shape index (κ3) is 2.67. The molecule has 1 aromatic carbocycles. The second-order valence-corrected chi connectivity index (χ2v) is 3.46. The Labute approximate surface area is 95.8 Å². The molecule has 0 aliphatic carbocycles. The van der Waals surface area contributed by atoms with Gasteiger partial charge in [-0.05, 0) is 29.3 Å². The zero-order chi connectivity index (χ0) is 11.2. The summed E-state index contributed by atoms with van der Waals surface area (Å²) in [4.78, 5) is 4.22. The fourth-order valence-electron chi connectivity index (χ4n) is 1.40. The summed E-state index contributed by atoms with van der Waals surface area (Å²) in [6, 6.07) is 14.1. The summed E-state index contributed by atoms with van der Waals surface area (Å²) >= 11 is 0. The Kier molecular flexibility index (Phi) is 3.29. The Bertz CT molecular complexity index is 481. The third-order valence-corrected chi connectivity index (χ3v) is 2.31. The first-order chi connectivity index (χ1) is 7.88. The molecule has 2 aromatic rings. The Morgan fingerprint density at radius 2 is 1.62 bits per heavy atom. The van der Waals surface area contributed by atoms with Crippen molar-refractivity contribution in [3.8, 4) is 0 Å². The minimum atomic E-state index is 0.968. The summed E-state index contributed by atoms with van der Waals surface area (Å²) in [5, 5.41) is 0. The molecule has 0 fully saturated rings. The monoisotopic (exact) mass is 207 g/mol. The van der Waals surface area contributed by atoms with Crippen LogP contribution in [0.1, 0.15) is 16.8 Å². The lowest BCUT2D eigenvalue weighted by Gasteiger charge is -1.95. The Hall–Kier alpha value is -2.15. The third-order valence-electron chi connectivity index (χ3n) is 2.31. The molecular weight excluding hydrogens is 194 g/mol. The Morgan fingerprint density at radius 1 is 0.875 bits per heavy atom. The van der Waals surface area contributed by atoms with Gasteiger partial charge in [0.05, 0.1) is 5.69 Å². The van der Waals surface area contributed by atoms with Gasteiger partial charge < -0.3 is 0 Å². The van der Waals surface area contributed by atoms with Gasteiger partial charge >= 0.3 is 0 Å². The number of nitrogens with zero attached hydrogens (tertiary/aromatic N) is 1. The highest BCUT2D eigenvalue weighted by Crippen LogP contribution is 2.09. The second kappa shape index (κ2) is 5.08. The molecule has 0 radical (unpaired) electrons. The zero-order valence-electron chi connectivity index (χ0n) is 9.01. The fourth-order valence-corrected chi connectivity index (χ4v) is 1.40. The number of rotatable bonds is 3. The van der Waals surface area contributed by atoms with E-state index < -0.39 is 0 Å². The maximum absolute atomic E-state index is 4.22.